The lowest BCUT2D eigenvalue weighted by molar-refractivity contribution is -0.128. The fourth-order valence-corrected chi connectivity index (χ4v) is 2.23. The number of hydrogen-bond acceptors (Lipinski definition) is 3. The highest BCUT2D eigenvalue weighted by Crippen LogP contribution is 2.53. The molecule has 5 N–H and O–H groups in total. The molecule has 1 rings (SSSR count). The van der Waals surface area contributed by atoms with Crippen molar-refractivity contribution in [2.45, 2.75) is 39.7 Å². The van der Waals surface area contributed by atoms with E-state index in [4.69, 9.17) is 10.9 Å². The molecule has 6 nitrogen and oxygen atoms in total. The number of hydrazine groups is 1. The maximum Gasteiger partial charge on any atom is 0.404 e. The lowest BCUT2D eigenvalue weighted by Gasteiger charge is -2.36. The highest BCUT2D eigenvalue weighted by molar-refractivity contribution is 5.86. The van der Waals surface area contributed by atoms with Crippen molar-refractivity contribution in [3.05, 3.63) is 0 Å². The van der Waals surface area contributed by atoms with Crippen molar-refractivity contribution in [3.63, 3.8) is 0 Å². The van der Waals surface area contributed by atoms with Crippen LogP contribution >= 0.6 is 0 Å². The normalized spacial score (nSPS) is 19.8. The standard InChI is InChI=1S/C10H19N3O3/c1-9(2,3)6(12-8(15)16)10(4-5-10)7(14)13-11/h6,12H,4-5,11H2,1-3H3,(H,13,14)(H,15,16). The van der Waals surface area contributed by atoms with Crippen LogP contribution < -0.4 is 16.6 Å². The number of rotatable bonds is 3. The van der Waals surface area contributed by atoms with Crippen molar-refractivity contribution >= 4 is 12.0 Å². The van der Waals surface area contributed by atoms with E-state index in [-0.39, 0.29) is 11.3 Å². The minimum atomic E-state index is -1.11. The second-order valence-corrected chi connectivity index (χ2v) is 5.38. The molecule has 0 aliphatic heterocycles. The predicted octanol–water partition coefficient (Wildman–Crippen LogP) is 0.439. The Balaban J connectivity index is 2.93. The van der Waals surface area contributed by atoms with Crippen molar-refractivity contribution in [3.8, 4) is 0 Å². The minimum absolute atomic E-state index is 0.291. The highest BCUT2D eigenvalue weighted by atomic mass is 16.4. The average molecular weight is 229 g/mol. The van der Waals surface area contributed by atoms with Crippen LogP contribution in [0.25, 0.3) is 0 Å². The molecule has 1 saturated carbocycles. The van der Waals surface area contributed by atoms with E-state index in [0.29, 0.717) is 12.8 Å². The Hall–Kier alpha value is -1.30. The van der Waals surface area contributed by atoms with E-state index in [0.717, 1.165) is 0 Å². The summed E-state index contributed by atoms with van der Waals surface area (Å²) in [6.45, 7) is 5.70. The maximum absolute atomic E-state index is 11.7. The fraction of sp³-hybridized carbons (Fsp3) is 0.800. The van der Waals surface area contributed by atoms with Crippen molar-refractivity contribution in [2.75, 3.05) is 0 Å². The third-order valence-electron chi connectivity index (χ3n) is 3.06. The lowest BCUT2D eigenvalue weighted by Crippen LogP contribution is -2.55. The molecule has 0 aromatic rings. The Labute approximate surface area is 94.5 Å². The van der Waals surface area contributed by atoms with Gasteiger partial charge in [-0.1, -0.05) is 20.8 Å². The fourth-order valence-electron chi connectivity index (χ4n) is 2.23. The van der Waals surface area contributed by atoms with Gasteiger partial charge in [0.05, 0.1) is 11.5 Å². The van der Waals surface area contributed by atoms with Gasteiger partial charge in [-0.25, -0.2) is 10.6 Å². The summed E-state index contributed by atoms with van der Waals surface area (Å²) in [4.78, 5) is 22.5. The van der Waals surface area contributed by atoms with Crippen LogP contribution in [0, 0.1) is 10.8 Å². The summed E-state index contributed by atoms with van der Waals surface area (Å²) in [6.07, 6.45) is 0.215. The van der Waals surface area contributed by atoms with E-state index in [1.165, 1.54) is 0 Å². The quantitative estimate of drug-likeness (QED) is 0.320. The first-order chi connectivity index (χ1) is 7.24. The Morgan fingerprint density at radius 1 is 1.38 bits per heavy atom. The van der Waals surface area contributed by atoms with E-state index in [2.05, 4.69) is 10.7 Å². The Morgan fingerprint density at radius 3 is 2.12 bits per heavy atom. The molecule has 16 heavy (non-hydrogen) atoms. The largest absolute Gasteiger partial charge is 0.465 e. The second kappa shape index (κ2) is 3.93. The molecule has 1 atom stereocenters. The molecule has 1 unspecified atom stereocenters. The van der Waals surface area contributed by atoms with Gasteiger partial charge in [-0.15, -0.1) is 0 Å². The van der Waals surface area contributed by atoms with Gasteiger partial charge in [-0.3, -0.25) is 10.2 Å². The maximum atomic E-state index is 11.7. The van der Waals surface area contributed by atoms with E-state index in [1.807, 2.05) is 20.8 Å². The molecule has 0 heterocycles. The van der Waals surface area contributed by atoms with E-state index in [1.54, 1.807) is 0 Å². The Kier molecular flexibility index (Phi) is 3.14. The van der Waals surface area contributed by atoms with Crippen molar-refractivity contribution < 1.29 is 14.7 Å². The SMILES string of the molecule is CC(C)(C)C(NC(=O)O)C1(C(=O)NN)CC1. The Bertz CT molecular complexity index is 305. The zero-order valence-electron chi connectivity index (χ0n) is 9.83. The molecule has 0 radical (unpaired) electrons. The summed E-state index contributed by atoms with van der Waals surface area (Å²) in [5.41, 5.74) is 1.11. The van der Waals surface area contributed by atoms with E-state index < -0.39 is 17.6 Å². The van der Waals surface area contributed by atoms with Crippen molar-refractivity contribution in [1.29, 1.82) is 0 Å². The number of nitrogens with one attached hydrogen (secondary N) is 2. The van der Waals surface area contributed by atoms with Crippen LogP contribution in [-0.4, -0.2) is 23.1 Å². The van der Waals surface area contributed by atoms with Crippen molar-refractivity contribution in [2.24, 2.45) is 16.7 Å². The topological polar surface area (TPSA) is 104 Å². The summed E-state index contributed by atoms with van der Waals surface area (Å²) >= 11 is 0. The zero-order valence-corrected chi connectivity index (χ0v) is 9.83. The number of carboxylic acid groups (broad SMARTS) is 1. The number of carbonyl (C=O) groups is 2. The monoisotopic (exact) mass is 229 g/mol. The molecular weight excluding hydrogens is 210 g/mol. The third kappa shape index (κ3) is 2.27. The third-order valence-corrected chi connectivity index (χ3v) is 3.06. The molecule has 0 bridgehead atoms. The molecular formula is C10H19N3O3. The van der Waals surface area contributed by atoms with Gasteiger partial charge in [0.25, 0.3) is 0 Å². The summed E-state index contributed by atoms with van der Waals surface area (Å²) in [6, 6.07) is -0.430. The molecule has 0 aromatic carbocycles. The first-order valence-corrected chi connectivity index (χ1v) is 5.24. The predicted molar refractivity (Wildman–Crippen MR) is 58.4 cm³/mol. The number of nitrogens with two attached hydrogens (primary N) is 1. The number of amides is 2. The van der Waals surface area contributed by atoms with Gasteiger partial charge in [-0.05, 0) is 18.3 Å². The molecule has 92 valence electrons. The smallest absolute Gasteiger partial charge is 0.404 e. The number of carbonyl (C=O) groups excluding carboxylic acids is 1. The van der Waals surface area contributed by atoms with Crippen molar-refractivity contribution in [1.82, 2.24) is 10.7 Å². The molecule has 0 saturated heterocycles. The first kappa shape index (κ1) is 12.8. The van der Waals surface area contributed by atoms with Gasteiger partial charge in [0, 0.05) is 0 Å². The second-order valence-electron chi connectivity index (χ2n) is 5.38. The average Bonchev–Trinajstić information content (AvgIpc) is 2.92. The Morgan fingerprint density at radius 2 is 1.88 bits per heavy atom. The zero-order chi connectivity index (χ0) is 12.6. The van der Waals surface area contributed by atoms with Gasteiger partial charge in [0.2, 0.25) is 5.91 Å². The number of hydrogen-bond donors (Lipinski definition) is 4. The van der Waals surface area contributed by atoms with Gasteiger partial charge >= 0.3 is 6.09 Å². The molecule has 1 aliphatic rings. The minimum Gasteiger partial charge on any atom is -0.465 e. The van der Waals surface area contributed by atoms with Gasteiger partial charge < -0.3 is 10.4 Å². The summed E-state index contributed by atoms with van der Waals surface area (Å²) in [5, 5.41) is 11.3. The van der Waals surface area contributed by atoms with E-state index in [9.17, 15) is 9.59 Å². The van der Waals surface area contributed by atoms with Crippen LogP contribution in [0.3, 0.4) is 0 Å². The molecule has 0 spiro atoms. The van der Waals surface area contributed by atoms with E-state index >= 15 is 0 Å². The summed E-state index contributed by atoms with van der Waals surface area (Å²) in [5.74, 6) is 4.84. The van der Waals surface area contributed by atoms with Crippen LogP contribution in [0.15, 0.2) is 0 Å². The van der Waals surface area contributed by atoms with Gasteiger partial charge in [0.1, 0.15) is 0 Å². The van der Waals surface area contributed by atoms with Gasteiger partial charge in [-0.2, -0.15) is 0 Å². The molecule has 6 heteroatoms. The molecule has 1 aliphatic carbocycles. The van der Waals surface area contributed by atoms with Crippen LogP contribution in [0.4, 0.5) is 4.79 Å². The van der Waals surface area contributed by atoms with Gasteiger partial charge in [0.15, 0.2) is 0 Å². The summed E-state index contributed by atoms with van der Waals surface area (Å²) < 4.78 is 0. The van der Waals surface area contributed by atoms with Crippen LogP contribution in [0.1, 0.15) is 33.6 Å². The first-order valence-electron chi connectivity index (χ1n) is 5.24. The summed E-state index contributed by atoms with van der Waals surface area (Å²) in [7, 11) is 0. The molecule has 0 aromatic heterocycles. The highest BCUT2D eigenvalue weighted by Gasteiger charge is 2.59. The lowest BCUT2D eigenvalue weighted by atomic mass is 9.76. The van der Waals surface area contributed by atoms with Crippen LogP contribution in [-0.2, 0) is 4.79 Å². The molecule has 1 fully saturated rings. The van der Waals surface area contributed by atoms with Crippen LogP contribution in [0.5, 0.6) is 0 Å². The molecule has 2 amide bonds. The van der Waals surface area contributed by atoms with Crippen LogP contribution in [0.2, 0.25) is 0 Å².